The van der Waals surface area contributed by atoms with E-state index in [0.29, 0.717) is 11.5 Å². The molecule has 0 spiro atoms. The average Bonchev–Trinajstić information content (AvgIpc) is 2.67. The number of hydrogen-bond acceptors (Lipinski definition) is 7. The van der Waals surface area contributed by atoms with E-state index in [4.69, 9.17) is 14.2 Å². The van der Waals surface area contributed by atoms with Crippen molar-refractivity contribution in [3.63, 3.8) is 0 Å². The summed E-state index contributed by atoms with van der Waals surface area (Å²) < 4.78 is 15.6. The van der Waals surface area contributed by atoms with Gasteiger partial charge in [0.1, 0.15) is 23.1 Å². The summed E-state index contributed by atoms with van der Waals surface area (Å²) in [5.74, 6) is 0.377. The van der Waals surface area contributed by atoms with E-state index in [1.165, 1.54) is 31.4 Å². The van der Waals surface area contributed by atoms with Crippen LogP contribution in [0.3, 0.4) is 0 Å². The molecular formula is C21H24N2O7. The quantitative estimate of drug-likeness (QED) is 0.412. The topological polar surface area (TPSA) is 117 Å². The molecule has 0 saturated heterocycles. The fourth-order valence-corrected chi connectivity index (χ4v) is 2.49. The summed E-state index contributed by atoms with van der Waals surface area (Å²) in [6.07, 6.45) is -0.514. The van der Waals surface area contributed by atoms with E-state index in [0.717, 1.165) is 5.56 Å². The van der Waals surface area contributed by atoms with Crippen molar-refractivity contribution in [2.24, 2.45) is 0 Å². The van der Waals surface area contributed by atoms with Gasteiger partial charge in [-0.15, -0.1) is 0 Å². The smallest absolute Gasteiger partial charge is 0.408 e. The van der Waals surface area contributed by atoms with Crippen LogP contribution < -0.4 is 10.1 Å². The standard InChI is InChI=1S/C21H24N2O7/c1-21(2,3)30-20(25)22-18(19(24)28-4)13-14-5-9-16(10-6-14)29-17-11-7-15(8-12-17)23(26)27/h5-12,18H,13H2,1-4H3,(H,22,25)/t18-/m1/s1. The molecule has 0 saturated carbocycles. The number of carbonyl (C=O) groups excluding carboxylic acids is 2. The Morgan fingerprint density at radius 1 is 1.03 bits per heavy atom. The van der Waals surface area contributed by atoms with Gasteiger partial charge in [0, 0.05) is 18.6 Å². The lowest BCUT2D eigenvalue weighted by Gasteiger charge is -2.22. The van der Waals surface area contributed by atoms with Crippen LogP contribution in [0.2, 0.25) is 0 Å². The first-order valence-electron chi connectivity index (χ1n) is 9.16. The molecule has 9 nitrogen and oxygen atoms in total. The lowest BCUT2D eigenvalue weighted by atomic mass is 10.1. The summed E-state index contributed by atoms with van der Waals surface area (Å²) in [5, 5.41) is 13.2. The lowest BCUT2D eigenvalue weighted by molar-refractivity contribution is -0.384. The second kappa shape index (κ2) is 9.73. The molecule has 160 valence electrons. The highest BCUT2D eigenvalue weighted by Crippen LogP contribution is 2.24. The number of nitro groups is 1. The van der Waals surface area contributed by atoms with Gasteiger partial charge in [-0.2, -0.15) is 0 Å². The Kier molecular flexibility index (Phi) is 7.35. The van der Waals surface area contributed by atoms with Gasteiger partial charge in [0.25, 0.3) is 5.69 Å². The molecule has 2 aromatic rings. The number of esters is 1. The fraction of sp³-hybridized carbons (Fsp3) is 0.333. The molecule has 0 unspecified atom stereocenters. The molecule has 0 aliphatic rings. The number of alkyl carbamates (subject to hydrolysis) is 1. The van der Waals surface area contributed by atoms with Crippen molar-refractivity contribution < 1.29 is 28.7 Å². The molecule has 2 aromatic carbocycles. The van der Waals surface area contributed by atoms with Crippen LogP contribution in [-0.4, -0.2) is 35.7 Å². The van der Waals surface area contributed by atoms with Crippen molar-refractivity contribution in [3.8, 4) is 11.5 Å². The van der Waals surface area contributed by atoms with Gasteiger partial charge in [-0.1, -0.05) is 12.1 Å². The second-order valence-electron chi connectivity index (χ2n) is 7.42. The average molecular weight is 416 g/mol. The van der Waals surface area contributed by atoms with E-state index < -0.39 is 28.6 Å². The summed E-state index contributed by atoms with van der Waals surface area (Å²) in [5.41, 5.74) is 0.0447. The zero-order valence-electron chi connectivity index (χ0n) is 17.2. The largest absolute Gasteiger partial charge is 0.467 e. The van der Waals surface area contributed by atoms with Crippen molar-refractivity contribution in [1.82, 2.24) is 5.32 Å². The van der Waals surface area contributed by atoms with Crippen LogP contribution in [0.4, 0.5) is 10.5 Å². The first-order chi connectivity index (χ1) is 14.1. The van der Waals surface area contributed by atoms with E-state index in [9.17, 15) is 19.7 Å². The van der Waals surface area contributed by atoms with Crippen LogP contribution >= 0.6 is 0 Å². The molecule has 1 amide bonds. The molecule has 0 bridgehead atoms. The molecule has 2 rings (SSSR count). The minimum Gasteiger partial charge on any atom is -0.467 e. The molecule has 0 aliphatic carbocycles. The SMILES string of the molecule is COC(=O)[C@@H](Cc1ccc(Oc2ccc([N+](=O)[O-])cc2)cc1)NC(=O)OC(C)(C)C. The van der Waals surface area contributed by atoms with Crippen molar-refractivity contribution in [2.75, 3.05) is 7.11 Å². The van der Waals surface area contributed by atoms with Crippen molar-refractivity contribution in [2.45, 2.75) is 38.8 Å². The zero-order valence-corrected chi connectivity index (χ0v) is 17.2. The Labute approximate surface area is 174 Å². The summed E-state index contributed by atoms with van der Waals surface area (Å²) in [6, 6.07) is 11.7. The van der Waals surface area contributed by atoms with Crippen molar-refractivity contribution in [3.05, 3.63) is 64.2 Å². The Hall–Kier alpha value is -3.62. The van der Waals surface area contributed by atoms with Gasteiger partial charge in [0.2, 0.25) is 0 Å². The normalized spacial score (nSPS) is 11.9. The molecule has 9 heteroatoms. The van der Waals surface area contributed by atoms with E-state index in [1.54, 1.807) is 45.0 Å². The lowest BCUT2D eigenvalue weighted by Crippen LogP contribution is -2.45. The second-order valence-corrected chi connectivity index (χ2v) is 7.42. The molecule has 0 aromatic heterocycles. The van der Waals surface area contributed by atoms with Gasteiger partial charge in [0.15, 0.2) is 0 Å². The number of nitrogens with one attached hydrogen (secondary N) is 1. The van der Waals surface area contributed by atoms with Crippen molar-refractivity contribution in [1.29, 1.82) is 0 Å². The molecule has 0 radical (unpaired) electrons. The van der Waals surface area contributed by atoms with Gasteiger partial charge in [-0.25, -0.2) is 9.59 Å². The van der Waals surface area contributed by atoms with E-state index >= 15 is 0 Å². The Morgan fingerprint density at radius 2 is 1.57 bits per heavy atom. The predicted octanol–water partition coefficient (Wildman–Crippen LogP) is 4.00. The number of carbonyl (C=O) groups is 2. The van der Waals surface area contributed by atoms with Crippen molar-refractivity contribution >= 4 is 17.7 Å². The molecule has 1 N–H and O–H groups in total. The maximum atomic E-state index is 12.0. The molecule has 0 aliphatic heterocycles. The van der Waals surface area contributed by atoms with E-state index in [-0.39, 0.29) is 12.1 Å². The number of nitro benzene ring substituents is 1. The van der Waals surface area contributed by atoms with Crippen LogP contribution in [-0.2, 0) is 20.7 Å². The highest BCUT2D eigenvalue weighted by molar-refractivity contribution is 5.81. The van der Waals surface area contributed by atoms with Crippen LogP contribution in [0.5, 0.6) is 11.5 Å². The number of methoxy groups -OCH3 is 1. The first kappa shape index (κ1) is 22.7. The maximum absolute atomic E-state index is 12.0. The molecular weight excluding hydrogens is 392 g/mol. The zero-order chi connectivity index (χ0) is 22.3. The number of nitrogens with zero attached hydrogens (tertiary/aromatic N) is 1. The Balaban J connectivity index is 2.02. The van der Waals surface area contributed by atoms with Crippen LogP contribution in [0, 0.1) is 10.1 Å². The third kappa shape index (κ3) is 7.08. The first-order valence-corrected chi connectivity index (χ1v) is 9.16. The highest BCUT2D eigenvalue weighted by atomic mass is 16.6. The fourth-order valence-electron chi connectivity index (χ4n) is 2.49. The highest BCUT2D eigenvalue weighted by Gasteiger charge is 2.25. The van der Waals surface area contributed by atoms with Crippen LogP contribution in [0.1, 0.15) is 26.3 Å². The van der Waals surface area contributed by atoms with Gasteiger partial charge in [-0.3, -0.25) is 10.1 Å². The summed E-state index contributed by atoms with van der Waals surface area (Å²) in [7, 11) is 1.24. The minimum atomic E-state index is -0.911. The number of amides is 1. The van der Waals surface area contributed by atoms with Gasteiger partial charge in [0.05, 0.1) is 12.0 Å². The maximum Gasteiger partial charge on any atom is 0.408 e. The number of benzene rings is 2. The Morgan fingerprint density at radius 3 is 2.03 bits per heavy atom. The molecule has 0 heterocycles. The molecule has 0 fully saturated rings. The van der Waals surface area contributed by atoms with Crippen LogP contribution in [0.15, 0.2) is 48.5 Å². The molecule has 1 atom stereocenters. The van der Waals surface area contributed by atoms with Gasteiger partial charge >= 0.3 is 12.1 Å². The summed E-state index contributed by atoms with van der Waals surface area (Å²) in [6.45, 7) is 5.18. The summed E-state index contributed by atoms with van der Waals surface area (Å²) in [4.78, 5) is 34.2. The van der Waals surface area contributed by atoms with E-state index in [1.807, 2.05) is 0 Å². The third-order valence-corrected chi connectivity index (χ3v) is 3.82. The van der Waals surface area contributed by atoms with E-state index in [2.05, 4.69) is 5.32 Å². The van der Waals surface area contributed by atoms with Crippen LogP contribution in [0.25, 0.3) is 0 Å². The third-order valence-electron chi connectivity index (χ3n) is 3.82. The number of ether oxygens (including phenoxy) is 3. The molecule has 30 heavy (non-hydrogen) atoms. The minimum absolute atomic E-state index is 0.0240. The number of hydrogen-bond donors (Lipinski definition) is 1. The van der Waals surface area contributed by atoms with Gasteiger partial charge < -0.3 is 19.5 Å². The van der Waals surface area contributed by atoms with Gasteiger partial charge in [-0.05, 0) is 50.6 Å². The summed E-state index contributed by atoms with van der Waals surface area (Å²) >= 11 is 0. The Bertz CT molecular complexity index is 887. The monoisotopic (exact) mass is 416 g/mol. The predicted molar refractivity (Wildman–Crippen MR) is 108 cm³/mol. The number of non-ortho nitro benzene ring substituents is 1. The number of rotatable bonds is 7.